The van der Waals surface area contributed by atoms with E-state index in [1.54, 1.807) is 0 Å². The Morgan fingerprint density at radius 3 is 1.44 bits per heavy atom. The summed E-state index contributed by atoms with van der Waals surface area (Å²) in [5, 5.41) is 4.88. The number of hydrogen-bond acceptors (Lipinski definition) is 7. The van der Waals surface area contributed by atoms with E-state index in [0.29, 0.717) is 0 Å². The standard InChI is InChI=1S/C23H15F6N3O5S4/c24-22(25,26)14-9-15(23(27,28)29)11-16(10-14)30-21(33)13-7-17(31-40(34,35)19-3-1-5-38-19)12-18(8-13)32-41(36,37)20-4-2-6-39-20/h1-12,31-32H,(H,30,33). The first-order chi connectivity index (χ1) is 18.9. The van der Waals surface area contributed by atoms with Crippen molar-refractivity contribution in [2.75, 3.05) is 14.8 Å². The van der Waals surface area contributed by atoms with Crippen molar-refractivity contribution in [1.82, 2.24) is 0 Å². The zero-order chi connectivity index (χ0) is 30.2. The third-order valence-corrected chi connectivity index (χ3v) is 10.6. The highest BCUT2D eigenvalue weighted by Crippen LogP contribution is 2.38. The number of thiophene rings is 2. The monoisotopic (exact) mass is 655 g/mol. The van der Waals surface area contributed by atoms with Crippen molar-refractivity contribution >= 4 is 65.7 Å². The number of amides is 1. The molecule has 0 fully saturated rings. The lowest BCUT2D eigenvalue weighted by molar-refractivity contribution is -0.143. The van der Waals surface area contributed by atoms with Gasteiger partial charge >= 0.3 is 12.4 Å². The van der Waals surface area contributed by atoms with Gasteiger partial charge in [-0.25, -0.2) is 16.8 Å². The number of sulfonamides is 2. The maximum Gasteiger partial charge on any atom is 0.416 e. The van der Waals surface area contributed by atoms with Crippen LogP contribution in [0.4, 0.5) is 43.4 Å². The minimum absolute atomic E-state index is 0.118. The average Bonchev–Trinajstić information content (AvgIpc) is 3.57. The molecule has 2 aromatic carbocycles. The topological polar surface area (TPSA) is 121 Å². The molecule has 0 unspecified atom stereocenters. The van der Waals surface area contributed by atoms with Crippen LogP contribution in [0.1, 0.15) is 21.5 Å². The summed E-state index contributed by atoms with van der Waals surface area (Å²) < 4.78 is 134. The predicted molar refractivity (Wildman–Crippen MR) is 141 cm³/mol. The summed E-state index contributed by atoms with van der Waals surface area (Å²) in [7, 11) is -8.41. The molecule has 4 rings (SSSR count). The summed E-state index contributed by atoms with van der Waals surface area (Å²) in [6.07, 6.45) is -10.3. The molecule has 4 aromatic rings. The van der Waals surface area contributed by atoms with E-state index >= 15 is 0 Å². The Morgan fingerprint density at radius 1 is 0.634 bits per heavy atom. The van der Waals surface area contributed by atoms with Crippen LogP contribution in [0.25, 0.3) is 0 Å². The number of anilines is 3. The normalized spacial score (nSPS) is 12.6. The fourth-order valence-electron chi connectivity index (χ4n) is 3.35. The second kappa shape index (κ2) is 11.0. The smallest absolute Gasteiger partial charge is 0.322 e. The number of halogens is 6. The Kier molecular flexibility index (Phi) is 8.14. The van der Waals surface area contributed by atoms with Gasteiger partial charge < -0.3 is 5.32 Å². The number of hydrogen-bond donors (Lipinski definition) is 3. The molecule has 0 aliphatic carbocycles. The van der Waals surface area contributed by atoms with Gasteiger partial charge in [-0.1, -0.05) is 12.1 Å². The molecule has 0 spiro atoms. The molecule has 0 radical (unpaired) electrons. The third kappa shape index (κ3) is 7.38. The van der Waals surface area contributed by atoms with E-state index in [1.165, 1.54) is 35.0 Å². The van der Waals surface area contributed by atoms with Crippen molar-refractivity contribution in [2.24, 2.45) is 0 Å². The molecule has 2 heterocycles. The molecule has 8 nitrogen and oxygen atoms in total. The first-order valence-corrected chi connectivity index (χ1v) is 15.6. The van der Waals surface area contributed by atoms with E-state index in [2.05, 4.69) is 9.44 Å². The van der Waals surface area contributed by atoms with Crippen LogP contribution in [0.5, 0.6) is 0 Å². The van der Waals surface area contributed by atoms with Crippen molar-refractivity contribution in [2.45, 2.75) is 20.8 Å². The lowest BCUT2D eigenvalue weighted by Gasteiger charge is -2.16. The Bertz CT molecular complexity index is 1670. The van der Waals surface area contributed by atoms with Gasteiger partial charge in [-0.15, -0.1) is 22.7 Å². The Labute approximate surface area is 236 Å². The number of nitrogens with one attached hydrogen (secondary N) is 3. The molecule has 0 bridgehead atoms. The zero-order valence-electron chi connectivity index (χ0n) is 19.9. The van der Waals surface area contributed by atoms with E-state index in [0.717, 1.165) is 40.9 Å². The minimum Gasteiger partial charge on any atom is -0.322 e. The number of carbonyl (C=O) groups excluding carboxylic acids is 1. The van der Waals surface area contributed by atoms with Crippen LogP contribution in [0.3, 0.4) is 0 Å². The molecule has 41 heavy (non-hydrogen) atoms. The van der Waals surface area contributed by atoms with E-state index in [9.17, 15) is 48.0 Å². The Hall–Kier alpha value is -3.61. The summed E-state index contributed by atoms with van der Waals surface area (Å²) in [5.41, 5.74) is -5.35. The highest BCUT2D eigenvalue weighted by Gasteiger charge is 2.37. The van der Waals surface area contributed by atoms with Gasteiger partial charge in [0.2, 0.25) is 0 Å². The van der Waals surface area contributed by atoms with Gasteiger partial charge in [0.15, 0.2) is 0 Å². The summed E-state index contributed by atoms with van der Waals surface area (Å²) in [6.45, 7) is 0. The molecule has 218 valence electrons. The van der Waals surface area contributed by atoms with Gasteiger partial charge in [0.1, 0.15) is 8.42 Å². The van der Waals surface area contributed by atoms with Gasteiger partial charge in [-0.3, -0.25) is 14.2 Å². The average molecular weight is 656 g/mol. The molecular formula is C23H15F6N3O5S4. The van der Waals surface area contributed by atoms with Crippen molar-refractivity contribution in [3.8, 4) is 0 Å². The molecule has 3 N–H and O–H groups in total. The molecule has 0 atom stereocenters. The zero-order valence-corrected chi connectivity index (χ0v) is 23.1. The van der Waals surface area contributed by atoms with E-state index < -0.39 is 60.7 Å². The van der Waals surface area contributed by atoms with Crippen LogP contribution >= 0.6 is 22.7 Å². The number of rotatable bonds is 8. The summed E-state index contributed by atoms with van der Waals surface area (Å²) in [5.74, 6) is -1.26. The molecule has 0 saturated heterocycles. The maximum atomic E-state index is 13.2. The van der Waals surface area contributed by atoms with Crippen LogP contribution in [-0.2, 0) is 32.4 Å². The molecular weight excluding hydrogens is 641 g/mol. The van der Waals surface area contributed by atoms with Gasteiger partial charge in [0.05, 0.1) is 22.5 Å². The Morgan fingerprint density at radius 2 is 1.07 bits per heavy atom. The fourth-order valence-corrected chi connectivity index (χ4v) is 7.42. The third-order valence-electron chi connectivity index (χ3n) is 5.07. The largest absolute Gasteiger partial charge is 0.416 e. The lowest BCUT2D eigenvalue weighted by Crippen LogP contribution is -2.18. The SMILES string of the molecule is O=C(Nc1cc(C(F)(F)F)cc(C(F)(F)F)c1)c1cc(NS(=O)(=O)c2cccs2)cc(NS(=O)(=O)c2cccs2)c1. The number of alkyl halides is 6. The highest BCUT2D eigenvalue weighted by atomic mass is 32.3. The fraction of sp³-hybridized carbons (Fsp3) is 0.0870. The summed E-state index contributed by atoms with van der Waals surface area (Å²) in [4.78, 5) is 13.0. The van der Waals surface area contributed by atoms with Crippen molar-refractivity contribution in [3.05, 3.63) is 88.1 Å². The number of carbonyl (C=O) groups is 1. The van der Waals surface area contributed by atoms with Crippen molar-refractivity contribution in [3.63, 3.8) is 0 Å². The second-order valence-corrected chi connectivity index (χ2v) is 13.8. The molecule has 0 saturated carbocycles. The quantitative estimate of drug-likeness (QED) is 0.183. The first kappa shape index (κ1) is 30.4. The van der Waals surface area contributed by atoms with Gasteiger partial charge in [0, 0.05) is 11.3 Å². The molecule has 0 aliphatic heterocycles. The van der Waals surface area contributed by atoms with Crippen LogP contribution in [-0.4, -0.2) is 22.7 Å². The van der Waals surface area contributed by atoms with E-state index in [-0.39, 0.29) is 38.0 Å². The highest BCUT2D eigenvalue weighted by molar-refractivity contribution is 7.95. The van der Waals surface area contributed by atoms with Crippen LogP contribution in [0.15, 0.2) is 79.8 Å². The minimum atomic E-state index is -5.17. The molecule has 2 aromatic heterocycles. The predicted octanol–water partition coefficient (Wildman–Crippen LogP) is 6.70. The van der Waals surface area contributed by atoms with E-state index in [1.807, 2.05) is 5.32 Å². The number of benzene rings is 2. The maximum absolute atomic E-state index is 13.2. The van der Waals surface area contributed by atoms with Crippen LogP contribution in [0.2, 0.25) is 0 Å². The molecule has 0 aliphatic rings. The van der Waals surface area contributed by atoms with Gasteiger partial charge in [-0.05, 0) is 59.3 Å². The van der Waals surface area contributed by atoms with Crippen LogP contribution in [0, 0.1) is 0 Å². The second-order valence-electron chi connectivity index (χ2n) is 8.12. The van der Waals surface area contributed by atoms with E-state index in [4.69, 9.17) is 0 Å². The summed E-state index contributed by atoms with van der Waals surface area (Å²) >= 11 is 1.71. The Balaban J connectivity index is 1.74. The lowest BCUT2D eigenvalue weighted by atomic mass is 10.1. The van der Waals surface area contributed by atoms with Crippen LogP contribution < -0.4 is 14.8 Å². The molecule has 18 heteroatoms. The molecule has 1 amide bonds. The van der Waals surface area contributed by atoms with Gasteiger partial charge in [-0.2, -0.15) is 26.3 Å². The van der Waals surface area contributed by atoms with Gasteiger partial charge in [0.25, 0.3) is 26.0 Å². The summed E-state index contributed by atoms with van der Waals surface area (Å²) in [6, 6.07) is 8.82. The first-order valence-electron chi connectivity index (χ1n) is 10.8. The van der Waals surface area contributed by atoms with Crippen molar-refractivity contribution < 1.29 is 48.0 Å². The van der Waals surface area contributed by atoms with Crippen molar-refractivity contribution in [1.29, 1.82) is 0 Å².